The van der Waals surface area contributed by atoms with E-state index in [-0.39, 0.29) is 0 Å². The van der Waals surface area contributed by atoms with Gasteiger partial charge < -0.3 is 4.90 Å². The summed E-state index contributed by atoms with van der Waals surface area (Å²) in [4.78, 5) is 14.6. The van der Waals surface area contributed by atoms with Gasteiger partial charge in [0, 0.05) is 24.3 Å². The Hall–Kier alpha value is -0.0500. The fourth-order valence-corrected chi connectivity index (χ4v) is 3.72. The fraction of sp³-hybridized carbons (Fsp3) is 0.923. The maximum absolute atomic E-state index is 12.1. The summed E-state index contributed by atoms with van der Waals surface area (Å²) in [6.07, 6.45) is 9.60. The van der Waals surface area contributed by atoms with Crippen LogP contribution in [0.4, 0.5) is 0 Å². The predicted molar refractivity (Wildman–Crippen MR) is 69.7 cm³/mol. The maximum atomic E-state index is 12.1. The molecule has 0 aromatic carbocycles. The van der Waals surface area contributed by atoms with Crippen molar-refractivity contribution in [2.24, 2.45) is 5.92 Å². The number of hydrogen-bond donors (Lipinski definition) is 0. The van der Waals surface area contributed by atoms with E-state index >= 15 is 0 Å². The quantitative estimate of drug-likeness (QED) is 0.729. The molecular weight excluding hydrogens is 266 g/mol. The van der Waals surface area contributed by atoms with Gasteiger partial charge in [-0.2, -0.15) is 0 Å². The predicted octanol–water partition coefficient (Wildman–Crippen LogP) is 3.34. The largest absolute Gasteiger partial charge is 0.342 e. The Bertz CT molecular complexity index is 252. The number of rotatable bonds is 3. The minimum Gasteiger partial charge on any atom is -0.342 e. The topological polar surface area (TPSA) is 20.3 Å². The molecule has 0 aliphatic heterocycles. The van der Waals surface area contributed by atoms with E-state index in [9.17, 15) is 4.79 Å². The number of hydrogen-bond acceptors (Lipinski definition) is 1. The Morgan fingerprint density at radius 1 is 1.19 bits per heavy atom. The molecule has 3 heteroatoms. The summed E-state index contributed by atoms with van der Waals surface area (Å²) in [5.74, 6) is 1.05. The summed E-state index contributed by atoms with van der Waals surface area (Å²) < 4.78 is 0. The van der Waals surface area contributed by atoms with Crippen molar-refractivity contribution in [1.29, 1.82) is 0 Å². The number of halogens is 1. The first kappa shape index (κ1) is 12.4. The Kier molecular flexibility index (Phi) is 4.28. The van der Waals surface area contributed by atoms with Crippen molar-refractivity contribution in [3.8, 4) is 0 Å². The lowest BCUT2D eigenvalue weighted by molar-refractivity contribution is -0.134. The molecule has 16 heavy (non-hydrogen) atoms. The van der Waals surface area contributed by atoms with Crippen LogP contribution in [0, 0.1) is 5.92 Å². The van der Waals surface area contributed by atoms with Crippen LogP contribution >= 0.6 is 15.9 Å². The summed E-state index contributed by atoms with van der Waals surface area (Å²) in [7, 11) is 1.99. The molecule has 0 radical (unpaired) electrons. The summed E-state index contributed by atoms with van der Waals surface area (Å²) in [6.45, 7) is 0. The molecule has 0 aromatic heterocycles. The van der Waals surface area contributed by atoms with Gasteiger partial charge in [0.05, 0.1) is 0 Å². The molecule has 0 aromatic rings. The fourth-order valence-electron chi connectivity index (χ4n) is 2.78. The highest BCUT2D eigenvalue weighted by Gasteiger charge is 2.30. The summed E-state index contributed by atoms with van der Waals surface area (Å²) in [6, 6.07) is 0.432. The van der Waals surface area contributed by atoms with Crippen LogP contribution in [0.5, 0.6) is 0 Å². The number of carbonyl (C=O) groups is 1. The Balaban J connectivity index is 1.84. The molecule has 2 aliphatic carbocycles. The number of alkyl halides is 1. The molecule has 0 spiro atoms. The van der Waals surface area contributed by atoms with Crippen molar-refractivity contribution in [3.05, 3.63) is 0 Å². The molecule has 2 fully saturated rings. The molecule has 0 saturated heterocycles. The van der Waals surface area contributed by atoms with Crippen LogP contribution in [0.25, 0.3) is 0 Å². The van der Waals surface area contributed by atoms with Crippen molar-refractivity contribution in [2.75, 3.05) is 7.05 Å². The molecule has 0 bridgehead atoms. The average Bonchev–Trinajstić information content (AvgIpc) is 2.23. The first-order valence-corrected chi connectivity index (χ1v) is 7.50. The van der Waals surface area contributed by atoms with E-state index in [0.717, 1.165) is 6.42 Å². The van der Waals surface area contributed by atoms with Gasteiger partial charge in [-0.25, -0.2) is 0 Å². The minimum atomic E-state index is 0.362. The van der Waals surface area contributed by atoms with Gasteiger partial charge in [-0.3, -0.25) is 4.79 Å². The molecule has 2 unspecified atom stereocenters. The Morgan fingerprint density at radius 2 is 1.88 bits per heavy atom. The monoisotopic (exact) mass is 287 g/mol. The van der Waals surface area contributed by atoms with Gasteiger partial charge in [0.25, 0.3) is 0 Å². The minimum absolute atomic E-state index is 0.362. The van der Waals surface area contributed by atoms with Crippen LogP contribution in [0.1, 0.15) is 51.4 Å². The third kappa shape index (κ3) is 2.79. The molecule has 1 amide bonds. The first-order valence-electron chi connectivity index (χ1n) is 6.58. The molecule has 92 valence electrons. The molecular formula is C13H22BrNO. The SMILES string of the molecule is CN(C(=O)CC1CCC1)C1CCCCC1Br. The summed E-state index contributed by atoms with van der Waals surface area (Å²) >= 11 is 3.73. The number of nitrogens with zero attached hydrogens (tertiary/aromatic N) is 1. The average molecular weight is 288 g/mol. The standard InChI is InChI=1S/C13H22BrNO/c1-15(12-8-3-2-7-11(12)14)13(16)9-10-5-4-6-10/h10-12H,2-9H2,1H3. The molecule has 2 nitrogen and oxygen atoms in total. The van der Waals surface area contributed by atoms with Gasteiger partial charge in [0.2, 0.25) is 5.91 Å². The van der Waals surface area contributed by atoms with Gasteiger partial charge in [0.1, 0.15) is 0 Å². The normalized spacial score (nSPS) is 30.9. The van der Waals surface area contributed by atoms with Crippen LogP contribution in [-0.2, 0) is 4.79 Å². The lowest BCUT2D eigenvalue weighted by Crippen LogP contribution is -2.44. The van der Waals surface area contributed by atoms with Crippen molar-refractivity contribution in [1.82, 2.24) is 4.90 Å². The second-order valence-corrected chi connectivity index (χ2v) is 6.55. The zero-order valence-electron chi connectivity index (χ0n) is 10.1. The lowest BCUT2D eigenvalue weighted by Gasteiger charge is -2.36. The van der Waals surface area contributed by atoms with E-state index in [1.54, 1.807) is 0 Å². The molecule has 2 aliphatic rings. The Morgan fingerprint density at radius 3 is 2.44 bits per heavy atom. The van der Waals surface area contributed by atoms with Gasteiger partial charge in [-0.1, -0.05) is 35.2 Å². The van der Waals surface area contributed by atoms with Crippen molar-refractivity contribution < 1.29 is 4.79 Å². The second-order valence-electron chi connectivity index (χ2n) is 5.37. The third-order valence-corrected chi connectivity index (χ3v) is 5.29. The smallest absolute Gasteiger partial charge is 0.222 e. The van der Waals surface area contributed by atoms with Gasteiger partial charge in [-0.05, 0) is 31.6 Å². The van der Waals surface area contributed by atoms with Crippen molar-refractivity contribution >= 4 is 21.8 Å². The van der Waals surface area contributed by atoms with Crippen LogP contribution < -0.4 is 0 Å². The van der Waals surface area contributed by atoms with E-state index in [0.29, 0.717) is 22.7 Å². The van der Waals surface area contributed by atoms with E-state index < -0.39 is 0 Å². The van der Waals surface area contributed by atoms with Crippen LogP contribution in [0.15, 0.2) is 0 Å². The molecule has 0 N–H and O–H groups in total. The number of amides is 1. The highest BCUT2D eigenvalue weighted by atomic mass is 79.9. The molecule has 2 saturated carbocycles. The van der Waals surface area contributed by atoms with E-state index in [2.05, 4.69) is 15.9 Å². The van der Waals surface area contributed by atoms with Gasteiger partial charge in [0.15, 0.2) is 0 Å². The second kappa shape index (κ2) is 5.52. The lowest BCUT2D eigenvalue weighted by atomic mass is 9.82. The zero-order chi connectivity index (χ0) is 11.5. The summed E-state index contributed by atoms with van der Waals surface area (Å²) in [5.41, 5.74) is 0. The Labute approximate surface area is 107 Å². The third-order valence-electron chi connectivity index (χ3n) is 4.23. The summed E-state index contributed by atoms with van der Waals surface area (Å²) in [5, 5.41) is 0. The highest BCUT2D eigenvalue weighted by molar-refractivity contribution is 9.09. The van der Waals surface area contributed by atoms with Crippen LogP contribution in [0.3, 0.4) is 0 Å². The van der Waals surface area contributed by atoms with Gasteiger partial charge in [-0.15, -0.1) is 0 Å². The number of carbonyl (C=O) groups excluding carboxylic acids is 1. The van der Waals surface area contributed by atoms with E-state index in [1.807, 2.05) is 11.9 Å². The first-order chi connectivity index (χ1) is 7.68. The van der Waals surface area contributed by atoms with E-state index in [4.69, 9.17) is 0 Å². The van der Waals surface area contributed by atoms with Crippen molar-refractivity contribution in [2.45, 2.75) is 62.2 Å². The molecule has 0 heterocycles. The van der Waals surface area contributed by atoms with Crippen molar-refractivity contribution in [3.63, 3.8) is 0 Å². The molecule has 2 atom stereocenters. The van der Waals surface area contributed by atoms with Crippen LogP contribution in [-0.4, -0.2) is 28.7 Å². The van der Waals surface area contributed by atoms with E-state index in [1.165, 1.54) is 44.9 Å². The highest BCUT2D eigenvalue weighted by Crippen LogP contribution is 2.32. The molecule has 2 rings (SSSR count). The maximum Gasteiger partial charge on any atom is 0.222 e. The van der Waals surface area contributed by atoms with Crippen LogP contribution in [0.2, 0.25) is 0 Å². The van der Waals surface area contributed by atoms with Gasteiger partial charge >= 0.3 is 0 Å². The zero-order valence-corrected chi connectivity index (χ0v) is 11.7.